The number of anilines is 1. The van der Waals surface area contributed by atoms with Crippen molar-refractivity contribution in [1.29, 1.82) is 0 Å². The number of nitrogens with zero attached hydrogens (tertiary/aromatic N) is 5. The number of imide groups is 1. The van der Waals surface area contributed by atoms with Crippen LogP contribution in [0.5, 0.6) is 0 Å². The second-order valence-corrected chi connectivity index (χ2v) is 10.8. The molecule has 0 atom stereocenters. The Labute approximate surface area is 218 Å². The van der Waals surface area contributed by atoms with Gasteiger partial charge in [-0.2, -0.15) is 4.90 Å². The molecule has 36 heavy (non-hydrogen) atoms. The van der Waals surface area contributed by atoms with E-state index in [4.69, 9.17) is 13.9 Å². The van der Waals surface area contributed by atoms with Gasteiger partial charge in [0.05, 0.1) is 6.20 Å². The van der Waals surface area contributed by atoms with Crippen molar-refractivity contribution in [3.63, 3.8) is 0 Å². The molecule has 1 aromatic carbocycles. The van der Waals surface area contributed by atoms with Crippen molar-refractivity contribution in [3.05, 3.63) is 40.6 Å². The summed E-state index contributed by atoms with van der Waals surface area (Å²) >= 11 is 3.27. The number of rotatable bonds is 5. The molecule has 0 fully saturated rings. The number of amides is 2. The van der Waals surface area contributed by atoms with Crippen molar-refractivity contribution in [3.8, 4) is 23.0 Å². The van der Waals surface area contributed by atoms with Crippen LogP contribution in [0.4, 0.5) is 15.4 Å². The fraction of sp³-hybridized carbons (Fsp3) is 0.440. The average Bonchev–Trinajstić information content (AvgIpc) is 3.23. The van der Waals surface area contributed by atoms with Crippen molar-refractivity contribution in [2.24, 2.45) is 0 Å². The molecule has 0 aliphatic heterocycles. The minimum Gasteiger partial charge on any atom is -0.443 e. The first-order chi connectivity index (χ1) is 16.8. The number of hydrogen-bond donors (Lipinski definition) is 0. The third kappa shape index (κ3) is 7.09. The summed E-state index contributed by atoms with van der Waals surface area (Å²) in [5.74, 6) is 0.0422. The van der Waals surface area contributed by atoms with Gasteiger partial charge < -0.3 is 13.9 Å². The van der Waals surface area contributed by atoms with Gasteiger partial charge in [-0.3, -0.25) is 0 Å². The van der Waals surface area contributed by atoms with Gasteiger partial charge in [-0.1, -0.05) is 25.5 Å². The second-order valence-electron chi connectivity index (χ2n) is 10.0. The summed E-state index contributed by atoms with van der Waals surface area (Å²) in [5, 5.41) is 8.23. The average molecular weight is 560 g/mol. The quantitative estimate of drug-likeness (QED) is 0.340. The lowest BCUT2D eigenvalue weighted by atomic mass is 10.1. The van der Waals surface area contributed by atoms with Gasteiger partial charge in [-0.05, 0) is 81.6 Å². The smallest absolute Gasteiger partial charge is 0.425 e. The maximum Gasteiger partial charge on any atom is 0.425 e. The van der Waals surface area contributed by atoms with E-state index < -0.39 is 23.4 Å². The zero-order valence-corrected chi connectivity index (χ0v) is 23.0. The van der Waals surface area contributed by atoms with Gasteiger partial charge in [0, 0.05) is 5.56 Å². The standard InChI is InChI=1S/C25H30BrN5O5/c1-8-9-15-10-12-16(13-11-15)20-29-30-21(34-20)18-19(27-14-17(26)28-18)31(22(32)35-24(2,3)4)23(33)36-25(5,6)7/h10-14H,8-9H2,1-7H3. The Kier molecular flexibility index (Phi) is 8.12. The number of ether oxygens (including phenoxy) is 2. The fourth-order valence-corrected chi connectivity index (χ4v) is 3.35. The monoisotopic (exact) mass is 559 g/mol. The minimum absolute atomic E-state index is 0.00227. The Morgan fingerprint density at radius 2 is 1.50 bits per heavy atom. The molecular formula is C25H30BrN5O5. The fourth-order valence-electron chi connectivity index (χ4n) is 3.07. The summed E-state index contributed by atoms with van der Waals surface area (Å²) in [6, 6.07) is 7.78. The minimum atomic E-state index is -0.985. The van der Waals surface area contributed by atoms with Gasteiger partial charge in [-0.15, -0.1) is 10.2 Å². The molecule has 0 spiro atoms. The van der Waals surface area contributed by atoms with E-state index in [0.717, 1.165) is 12.8 Å². The van der Waals surface area contributed by atoms with E-state index in [2.05, 4.69) is 43.0 Å². The van der Waals surface area contributed by atoms with Crippen LogP contribution in [0.15, 0.2) is 39.5 Å². The van der Waals surface area contributed by atoms with Crippen molar-refractivity contribution >= 4 is 33.9 Å². The molecule has 10 nitrogen and oxygen atoms in total. The number of hydrogen-bond acceptors (Lipinski definition) is 9. The number of aromatic nitrogens is 4. The van der Waals surface area contributed by atoms with Crippen LogP contribution in [-0.4, -0.2) is 43.6 Å². The van der Waals surface area contributed by atoms with E-state index in [0.29, 0.717) is 15.1 Å². The van der Waals surface area contributed by atoms with E-state index >= 15 is 0 Å². The van der Waals surface area contributed by atoms with Crippen LogP contribution in [0.1, 0.15) is 60.5 Å². The maximum absolute atomic E-state index is 13.1. The summed E-state index contributed by atoms with van der Waals surface area (Å²) in [6.07, 6.45) is 1.38. The molecule has 3 rings (SSSR count). The molecule has 2 amide bonds. The first-order valence-corrected chi connectivity index (χ1v) is 12.3. The molecule has 0 N–H and O–H groups in total. The Morgan fingerprint density at radius 3 is 2.03 bits per heavy atom. The zero-order chi connectivity index (χ0) is 26.7. The number of benzene rings is 1. The molecule has 2 aromatic heterocycles. The predicted molar refractivity (Wildman–Crippen MR) is 137 cm³/mol. The molecular weight excluding hydrogens is 530 g/mol. The molecule has 0 aliphatic rings. The van der Waals surface area contributed by atoms with E-state index in [1.165, 1.54) is 11.8 Å². The highest BCUT2D eigenvalue weighted by molar-refractivity contribution is 9.10. The van der Waals surface area contributed by atoms with Crippen LogP contribution in [0.2, 0.25) is 0 Å². The lowest BCUT2D eigenvalue weighted by Gasteiger charge is -2.28. The molecule has 2 heterocycles. The van der Waals surface area contributed by atoms with E-state index in [1.807, 2.05) is 24.3 Å². The van der Waals surface area contributed by atoms with Crippen molar-refractivity contribution in [1.82, 2.24) is 20.2 Å². The van der Waals surface area contributed by atoms with Gasteiger partial charge >= 0.3 is 12.2 Å². The molecule has 0 radical (unpaired) electrons. The third-order valence-corrected chi connectivity index (χ3v) is 4.84. The highest BCUT2D eigenvalue weighted by Gasteiger charge is 2.37. The molecule has 0 aliphatic carbocycles. The number of carbonyl (C=O) groups is 2. The third-order valence-electron chi connectivity index (χ3n) is 4.45. The van der Waals surface area contributed by atoms with Gasteiger partial charge in [0.25, 0.3) is 5.89 Å². The molecule has 192 valence electrons. The first-order valence-electron chi connectivity index (χ1n) is 11.5. The Hall–Kier alpha value is -3.34. The summed E-state index contributed by atoms with van der Waals surface area (Å²) < 4.78 is 17.1. The topological polar surface area (TPSA) is 121 Å². The second kappa shape index (κ2) is 10.7. The number of halogens is 1. The van der Waals surface area contributed by atoms with Crippen molar-refractivity contribution < 1.29 is 23.5 Å². The maximum atomic E-state index is 13.1. The largest absolute Gasteiger partial charge is 0.443 e. The molecule has 11 heteroatoms. The van der Waals surface area contributed by atoms with E-state index in [1.54, 1.807) is 41.5 Å². The Bertz CT molecular complexity index is 1200. The predicted octanol–water partition coefficient (Wildman–Crippen LogP) is 6.59. The van der Waals surface area contributed by atoms with Crippen molar-refractivity contribution in [2.45, 2.75) is 72.5 Å². The van der Waals surface area contributed by atoms with Crippen LogP contribution in [-0.2, 0) is 15.9 Å². The zero-order valence-electron chi connectivity index (χ0n) is 21.5. The molecule has 0 saturated heterocycles. The van der Waals surface area contributed by atoms with E-state index in [9.17, 15) is 9.59 Å². The molecule has 0 unspecified atom stereocenters. The SMILES string of the molecule is CCCc1ccc(-c2nnc(-c3nc(Br)cnc3N(C(=O)OC(C)(C)C)C(=O)OC(C)(C)C)o2)cc1. The molecule has 0 bridgehead atoms. The number of carbonyl (C=O) groups excluding carboxylic acids is 2. The lowest BCUT2D eigenvalue weighted by Crippen LogP contribution is -2.44. The summed E-state index contributed by atoms with van der Waals surface area (Å²) in [6.45, 7) is 12.2. The molecule has 3 aromatic rings. The van der Waals surface area contributed by atoms with Gasteiger partial charge in [0.1, 0.15) is 15.8 Å². The van der Waals surface area contributed by atoms with Crippen LogP contribution < -0.4 is 4.90 Å². The summed E-state index contributed by atoms with van der Waals surface area (Å²) in [4.78, 5) is 35.5. The van der Waals surface area contributed by atoms with E-state index in [-0.39, 0.29) is 23.3 Å². The van der Waals surface area contributed by atoms with Gasteiger partial charge in [-0.25, -0.2) is 19.6 Å². The lowest BCUT2D eigenvalue weighted by molar-refractivity contribution is 0.0429. The van der Waals surface area contributed by atoms with Crippen LogP contribution in [0, 0.1) is 0 Å². The van der Waals surface area contributed by atoms with Gasteiger partial charge in [0.15, 0.2) is 11.5 Å². The molecule has 0 saturated carbocycles. The highest BCUT2D eigenvalue weighted by Crippen LogP contribution is 2.32. The van der Waals surface area contributed by atoms with Crippen LogP contribution in [0.3, 0.4) is 0 Å². The van der Waals surface area contributed by atoms with Crippen LogP contribution >= 0.6 is 15.9 Å². The first kappa shape index (κ1) is 27.3. The Morgan fingerprint density at radius 1 is 0.944 bits per heavy atom. The highest BCUT2D eigenvalue weighted by atomic mass is 79.9. The summed E-state index contributed by atoms with van der Waals surface area (Å²) in [5.41, 5.74) is 0.146. The number of aryl methyl sites for hydroxylation is 1. The van der Waals surface area contributed by atoms with Gasteiger partial charge in [0.2, 0.25) is 5.89 Å². The Balaban J connectivity index is 2.06. The normalized spacial score (nSPS) is 11.8. The summed E-state index contributed by atoms with van der Waals surface area (Å²) in [7, 11) is 0. The van der Waals surface area contributed by atoms with Crippen LogP contribution in [0.25, 0.3) is 23.0 Å². The van der Waals surface area contributed by atoms with Crippen molar-refractivity contribution in [2.75, 3.05) is 4.90 Å².